The third kappa shape index (κ3) is 2.15. The van der Waals surface area contributed by atoms with Gasteiger partial charge >= 0.3 is 0 Å². The largest absolute Gasteiger partial charge is 0.338 e. The summed E-state index contributed by atoms with van der Waals surface area (Å²) in [4.78, 5) is 7.21. The number of H-pyrrole nitrogens is 1. The number of halogens is 4. The molecule has 0 atom stereocenters. The van der Waals surface area contributed by atoms with Gasteiger partial charge in [-0.15, -0.1) is 0 Å². The summed E-state index contributed by atoms with van der Waals surface area (Å²) in [5, 5.41) is 0.748. The summed E-state index contributed by atoms with van der Waals surface area (Å²) in [7, 11) is 0. The van der Waals surface area contributed by atoms with Gasteiger partial charge in [0.2, 0.25) is 0 Å². The molecule has 1 N–H and O–H groups in total. The van der Waals surface area contributed by atoms with E-state index in [1.807, 2.05) is 0 Å². The van der Waals surface area contributed by atoms with E-state index in [4.69, 9.17) is 23.2 Å². The van der Waals surface area contributed by atoms with Crippen molar-refractivity contribution in [2.45, 2.75) is 6.92 Å². The van der Waals surface area contributed by atoms with E-state index in [2.05, 4.69) is 9.97 Å². The fourth-order valence-electron chi connectivity index (χ4n) is 1.97. The Kier molecular flexibility index (Phi) is 3.15. The Labute approximate surface area is 123 Å². The lowest BCUT2D eigenvalue weighted by atomic mass is 10.1. The lowest BCUT2D eigenvalue weighted by Crippen LogP contribution is -1.91. The second-order valence-electron chi connectivity index (χ2n) is 4.45. The average Bonchev–Trinajstić information content (AvgIpc) is 2.77. The van der Waals surface area contributed by atoms with Crippen LogP contribution in [0.4, 0.5) is 8.78 Å². The number of hydrogen-bond acceptors (Lipinski definition) is 1. The minimum absolute atomic E-state index is 0.201. The molecular formula is C14H8Cl2F2N2. The molecule has 0 fully saturated rings. The summed E-state index contributed by atoms with van der Waals surface area (Å²) >= 11 is 11.8. The number of imidazole rings is 1. The van der Waals surface area contributed by atoms with E-state index in [9.17, 15) is 8.78 Å². The Morgan fingerprint density at radius 2 is 1.70 bits per heavy atom. The van der Waals surface area contributed by atoms with Crippen LogP contribution in [0, 0.1) is 18.6 Å². The van der Waals surface area contributed by atoms with E-state index in [-0.39, 0.29) is 5.56 Å². The van der Waals surface area contributed by atoms with Gasteiger partial charge in [-0.05, 0) is 30.7 Å². The zero-order chi connectivity index (χ0) is 14.4. The van der Waals surface area contributed by atoms with Gasteiger partial charge in [0, 0.05) is 6.07 Å². The topological polar surface area (TPSA) is 28.7 Å². The predicted octanol–water partition coefficient (Wildman–Crippen LogP) is 5.12. The van der Waals surface area contributed by atoms with Gasteiger partial charge in [0.05, 0.1) is 26.6 Å². The molecule has 1 heterocycles. The Balaban J connectivity index is 2.22. The second kappa shape index (κ2) is 4.72. The number of aryl methyl sites for hydroxylation is 1. The molecule has 0 spiro atoms. The zero-order valence-corrected chi connectivity index (χ0v) is 11.8. The van der Waals surface area contributed by atoms with E-state index < -0.39 is 11.6 Å². The molecule has 102 valence electrons. The van der Waals surface area contributed by atoms with Crippen molar-refractivity contribution in [2.24, 2.45) is 0 Å². The van der Waals surface area contributed by atoms with Crippen molar-refractivity contribution in [1.29, 1.82) is 0 Å². The predicted molar refractivity (Wildman–Crippen MR) is 76.2 cm³/mol. The van der Waals surface area contributed by atoms with Gasteiger partial charge in [-0.1, -0.05) is 23.2 Å². The molecule has 2 nitrogen and oxygen atoms in total. The summed E-state index contributed by atoms with van der Waals surface area (Å²) in [6.07, 6.45) is 0. The van der Waals surface area contributed by atoms with Gasteiger partial charge in [-0.3, -0.25) is 0 Å². The van der Waals surface area contributed by atoms with Gasteiger partial charge in [0.15, 0.2) is 0 Å². The van der Waals surface area contributed by atoms with Crippen LogP contribution in [0.15, 0.2) is 24.3 Å². The number of nitrogens with zero attached hydrogens (tertiary/aromatic N) is 1. The van der Waals surface area contributed by atoms with Crippen molar-refractivity contribution in [3.8, 4) is 11.4 Å². The van der Waals surface area contributed by atoms with Crippen LogP contribution in [0.5, 0.6) is 0 Å². The monoisotopic (exact) mass is 312 g/mol. The lowest BCUT2D eigenvalue weighted by Gasteiger charge is -2.02. The minimum atomic E-state index is -0.677. The smallest absolute Gasteiger partial charge is 0.141 e. The van der Waals surface area contributed by atoms with Crippen LogP contribution in [0.25, 0.3) is 22.4 Å². The first-order valence-corrected chi connectivity index (χ1v) is 6.52. The van der Waals surface area contributed by atoms with Crippen LogP contribution in [0.2, 0.25) is 10.0 Å². The van der Waals surface area contributed by atoms with E-state index in [1.54, 1.807) is 19.1 Å². The number of rotatable bonds is 1. The molecule has 0 aliphatic carbocycles. The average molecular weight is 313 g/mol. The van der Waals surface area contributed by atoms with Crippen LogP contribution < -0.4 is 0 Å². The standard InChI is InChI=1S/C14H8Cl2F2N2/c1-6-2-7(11(18)5-10(6)17)14-19-12-3-8(15)9(16)4-13(12)20-14/h2-5H,1H3,(H,19,20). The maximum absolute atomic E-state index is 13.9. The van der Waals surface area contributed by atoms with Gasteiger partial charge in [0.25, 0.3) is 0 Å². The first kappa shape index (κ1) is 13.3. The summed E-state index contributed by atoms with van der Waals surface area (Å²) < 4.78 is 27.1. The molecular weight excluding hydrogens is 305 g/mol. The molecule has 0 radical (unpaired) electrons. The maximum atomic E-state index is 13.9. The summed E-state index contributed by atoms with van der Waals surface area (Å²) in [6, 6.07) is 5.46. The molecule has 0 amide bonds. The van der Waals surface area contributed by atoms with Crippen molar-refractivity contribution in [3.05, 3.63) is 51.5 Å². The quantitative estimate of drug-likeness (QED) is 0.663. The number of hydrogen-bond donors (Lipinski definition) is 1. The van der Waals surface area contributed by atoms with Crippen LogP contribution >= 0.6 is 23.2 Å². The van der Waals surface area contributed by atoms with Crippen LogP contribution in [-0.2, 0) is 0 Å². The molecule has 0 bridgehead atoms. The molecule has 6 heteroatoms. The fourth-order valence-corrected chi connectivity index (χ4v) is 2.29. The van der Waals surface area contributed by atoms with Gasteiger partial charge in [-0.25, -0.2) is 13.8 Å². The first-order valence-electron chi connectivity index (χ1n) is 5.76. The van der Waals surface area contributed by atoms with E-state index in [1.165, 1.54) is 6.07 Å². The first-order chi connectivity index (χ1) is 9.45. The van der Waals surface area contributed by atoms with Crippen molar-refractivity contribution in [2.75, 3.05) is 0 Å². The molecule has 3 aromatic rings. The summed E-state index contributed by atoms with van der Waals surface area (Å²) in [5.74, 6) is -0.961. The van der Waals surface area contributed by atoms with Gasteiger partial charge in [-0.2, -0.15) is 0 Å². The number of fused-ring (bicyclic) bond motifs is 1. The Bertz CT molecular complexity index is 789. The molecule has 2 aromatic carbocycles. The highest BCUT2D eigenvalue weighted by atomic mass is 35.5. The molecule has 0 aliphatic rings. The number of aromatic nitrogens is 2. The van der Waals surface area contributed by atoms with Gasteiger partial charge < -0.3 is 4.98 Å². The third-order valence-corrected chi connectivity index (χ3v) is 3.75. The van der Waals surface area contributed by atoms with E-state index >= 15 is 0 Å². The maximum Gasteiger partial charge on any atom is 0.141 e. The zero-order valence-electron chi connectivity index (χ0n) is 10.3. The number of aromatic amines is 1. The van der Waals surface area contributed by atoms with Crippen LogP contribution in [0.1, 0.15) is 5.56 Å². The molecule has 0 saturated heterocycles. The number of benzene rings is 2. The molecule has 0 unspecified atom stereocenters. The van der Waals surface area contributed by atoms with Crippen molar-refractivity contribution in [3.63, 3.8) is 0 Å². The van der Waals surface area contributed by atoms with Crippen LogP contribution in [0.3, 0.4) is 0 Å². The Morgan fingerprint density at radius 3 is 2.45 bits per heavy atom. The Hall–Kier alpha value is -1.65. The molecule has 0 saturated carbocycles. The van der Waals surface area contributed by atoms with E-state index in [0.29, 0.717) is 32.5 Å². The third-order valence-electron chi connectivity index (χ3n) is 3.03. The highest BCUT2D eigenvalue weighted by Gasteiger charge is 2.14. The van der Waals surface area contributed by atoms with E-state index in [0.717, 1.165) is 6.07 Å². The van der Waals surface area contributed by atoms with Gasteiger partial charge in [0.1, 0.15) is 17.5 Å². The normalized spacial score (nSPS) is 11.2. The second-order valence-corrected chi connectivity index (χ2v) is 5.26. The van der Waals surface area contributed by atoms with Crippen LogP contribution in [-0.4, -0.2) is 9.97 Å². The SMILES string of the molecule is Cc1cc(-c2nc3cc(Cl)c(Cl)cc3[nH]2)c(F)cc1F. The van der Waals surface area contributed by atoms with Crippen molar-refractivity contribution < 1.29 is 8.78 Å². The highest BCUT2D eigenvalue weighted by molar-refractivity contribution is 6.42. The number of nitrogens with one attached hydrogen (secondary N) is 1. The molecule has 3 rings (SSSR count). The summed E-state index contributed by atoms with van der Waals surface area (Å²) in [6.45, 7) is 1.56. The molecule has 0 aliphatic heterocycles. The van der Waals surface area contributed by atoms with Crippen molar-refractivity contribution in [1.82, 2.24) is 9.97 Å². The minimum Gasteiger partial charge on any atom is -0.338 e. The Morgan fingerprint density at radius 1 is 1.00 bits per heavy atom. The molecule has 20 heavy (non-hydrogen) atoms. The molecule has 1 aromatic heterocycles. The summed E-state index contributed by atoms with van der Waals surface area (Å²) in [5.41, 5.74) is 1.75. The lowest BCUT2D eigenvalue weighted by molar-refractivity contribution is 0.579. The highest BCUT2D eigenvalue weighted by Crippen LogP contribution is 2.30. The fraction of sp³-hybridized carbons (Fsp3) is 0.0714. The van der Waals surface area contributed by atoms with Crippen molar-refractivity contribution >= 4 is 34.2 Å².